The molecule has 2 aliphatic rings. The molecule has 0 aliphatic carbocycles. The highest BCUT2D eigenvalue weighted by atomic mass is 16.5. The van der Waals surface area contributed by atoms with E-state index in [0.29, 0.717) is 6.10 Å². The van der Waals surface area contributed by atoms with E-state index in [4.69, 9.17) is 4.74 Å². The van der Waals surface area contributed by atoms with E-state index < -0.39 is 5.60 Å². The molecule has 2 fully saturated rings. The van der Waals surface area contributed by atoms with Crippen LogP contribution in [-0.2, 0) is 4.74 Å². The van der Waals surface area contributed by atoms with E-state index in [1.54, 1.807) is 0 Å². The summed E-state index contributed by atoms with van der Waals surface area (Å²) in [5, 5.41) is 10.5. The fourth-order valence-electron chi connectivity index (χ4n) is 2.87. The van der Waals surface area contributed by atoms with Crippen LogP contribution in [0.15, 0.2) is 0 Å². The molecule has 0 amide bonds. The Hall–Kier alpha value is -0.120. The lowest BCUT2D eigenvalue weighted by atomic mass is 9.88. The lowest BCUT2D eigenvalue weighted by molar-refractivity contribution is -0.000632. The second-order valence-electron chi connectivity index (χ2n) is 5.55. The molecule has 2 aliphatic heterocycles. The van der Waals surface area contributed by atoms with Crippen molar-refractivity contribution in [2.45, 2.75) is 56.7 Å². The summed E-state index contributed by atoms with van der Waals surface area (Å²) in [6.07, 6.45) is 7.79. The molecule has 0 aromatic rings. The minimum atomic E-state index is -0.420. The van der Waals surface area contributed by atoms with Gasteiger partial charge in [-0.2, -0.15) is 0 Å². The zero-order valence-electron chi connectivity index (χ0n) is 10.5. The highest BCUT2D eigenvalue weighted by molar-refractivity contribution is 4.84. The van der Waals surface area contributed by atoms with Crippen LogP contribution < -0.4 is 0 Å². The average Bonchev–Trinajstić information content (AvgIpc) is 2.71. The van der Waals surface area contributed by atoms with Gasteiger partial charge in [0.15, 0.2) is 0 Å². The van der Waals surface area contributed by atoms with Crippen LogP contribution in [0.3, 0.4) is 0 Å². The first kappa shape index (κ1) is 12.3. The van der Waals surface area contributed by atoms with Crippen LogP contribution in [0.4, 0.5) is 0 Å². The summed E-state index contributed by atoms with van der Waals surface area (Å²) in [7, 11) is 2.14. The van der Waals surface area contributed by atoms with Gasteiger partial charge in [-0.05, 0) is 58.5 Å². The van der Waals surface area contributed by atoms with Gasteiger partial charge in [-0.3, -0.25) is 0 Å². The monoisotopic (exact) mass is 227 g/mol. The first-order valence-electron chi connectivity index (χ1n) is 6.70. The molecule has 0 aromatic carbocycles. The van der Waals surface area contributed by atoms with E-state index in [2.05, 4.69) is 11.9 Å². The van der Waals surface area contributed by atoms with Crippen molar-refractivity contribution in [3.8, 4) is 0 Å². The largest absolute Gasteiger partial charge is 0.390 e. The summed E-state index contributed by atoms with van der Waals surface area (Å²) in [6.45, 7) is 3.08. The summed E-state index contributed by atoms with van der Waals surface area (Å²) >= 11 is 0. The third kappa shape index (κ3) is 3.44. The predicted octanol–water partition coefficient (Wildman–Crippen LogP) is 1.79. The van der Waals surface area contributed by atoms with Crippen molar-refractivity contribution >= 4 is 0 Å². The van der Waals surface area contributed by atoms with Crippen molar-refractivity contribution in [2.75, 3.05) is 26.7 Å². The Bertz CT molecular complexity index is 216. The second-order valence-corrected chi connectivity index (χ2v) is 5.55. The standard InChI is InChI=1S/C13H25NO2/c1-14-9-3-6-13(15,8-10-14)7-5-12-4-2-11-16-12/h12,15H,2-11H2,1H3. The maximum Gasteiger partial charge on any atom is 0.0661 e. The molecule has 3 nitrogen and oxygen atoms in total. The second kappa shape index (κ2) is 5.48. The molecule has 2 heterocycles. The average molecular weight is 227 g/mol. The summed E-state index contributed by atoms with van der Waals surface area (Å²) in [5.41, 5.74) is -0.420. The molecule has 94 valence electrons. The van der Waals surface area contributed by atoms with Gasteiger partial charge < -0.3 is 14.7 Å². The minimum absolute atomic E-state index is 0.420. The van der Waals surface area contributed by atoms with Crippen LogP contribution in [0, 0.1) is 0 Å². The van der Waals surface area contributed by atoms with Gasteiger partial charge in [0.1, 0.15) is 0 Å². The normalized spacial score (nSPS) is 37.5. The molecule has 2 atom stereocenters. The van der Waals surface area contributed by atoms with Crippen LogP contribution >= 0.6 is 0 Å². The quantitative estimate of drug-likeness (QED) is 0.798. The number of nitrogens with zero attached hydrogens (tertiary/aromatic N) is 1. The first-order chi connectivity index (χ1) is 7.68. The van der Waals surface area contributed by atoms with Gasteiger partial charge in [-0.15, -0.1) is 0 Å². The van der Waals surface area contributed by atoms with Crippen LogP contribution in [0.2, 0.25) is 0 Å². The number of aliphatic hydroxyl groups is 1. The minimum Gasteiger partial charge on any atom is -0.390 e. The highest BCUT2D eigenvalue weighted by Crippen LogP contribution is 2.29. The predicted molar refractivity (Wildman–Crippen MR) is 64.5 cm³/mol. The van der Waals surface area contributed by atoms with E-state index in [1.807, 2.05) is 0 Å². The van der Waals surface area contributed by atoms with Crippen molar-refractivity contribution in [3.63, 3.8) is 0 Å². The van der Waals surface area contributed by atoms with Crippen LogP contribution in [-0.4, -0.2) is 48.5 Å². The van der Waals surface area contributed by atoms with Crippen molar-refractivity contribution in [2.24, 2.45) is 0 Å². The number of rotatable bonds is 3. The molecule has 0 bridgehead atoms. The number of likely N-dealkylation sites (tertiary alicyclic amines) is 1. The van der Waals surface area contributed by atoms with Gasteiger partial charge in [-0.25, -0.2) is 0 Å². The molecule has 0 saturated carbocycles. The third-order valence-electron chi connectivity index (χ3n) is 4.10. The fourth-order valence-corrected chi connectivity index (χ4v) is 2.87. The number of hydrogen-bond acceptors (Lipinski definition) is 3. The fraction of sp³-hybridized carbons (Fsp3) is 1.00. The van der Waals surface area contributed by atoms with Gasteiger partial charge in [0.2, 0.25) is 0 Å². The molecular weight excluding hydrogens is 202 g/mol. The van der Waals surface area contributed by atoms with E-state index in [0.717, 1.165) is 51.8 Å². The zero-order chi connectivity index (χ0) is 11.4. The van der Waals surface area contributed by atoms with E-state index in [9.17, 15) is 5.11 Å². The molecule has 16 heavy (non-hydrogen) atoms. The topological polar surface area (TPSA) is 32.7 Å². The van der Waals surface area contributed by atoms with Crippen molar-refractivity contribution < 1.29 is 9.84 Å². The van der Waals surface area contributed by atoms with Crippen LogP contribution in [0.1, 0.15) is 44.9 Å². The summed E-state index contributed by atoms with van der Waals surface area (Å²) < 4.78 is 5.62. The molecule has 2 rings (SSSR count). The Labute approximate surface area is 98.8 Å². The molecule has 0 radical (unpaired) electrons. The molecule has 2 saturated heterocycles. The van der Waals surface area contributed by atoms with E-state index in [1.165, 1.54) is 12.8 Å². The van der Waals surface area contributed by atoms with Crippen molar-refractivity contribution in [1.29, 1.82) is 0 Å². The smallest absolute Gasteiger partial charge is 0.0661 e. The highest BCUT2D eigenvalue weighted by Gasteiger charge is 2.30. The Morgan fingerprint density at radius 2 is 2.19 bits per heavy atom. The van der Waals surface area contributed by atoms with Crippen molar-refractivity contribution in [1.82, 2.24) is 4.90 Å². The number of ether oxygens (including phenoxy) is 1. The van der Waals surface area contributed by atoms with Gasteiger partial charge in [-0.1, -0.05) is 0 Å². The summed E-state index contributed by atoms with van der Waals surface area (Å²) in [4.78, 5) is 2.32. The Balaban J connectivity index is 1.77. The summed E-state index contributed by atoms with van der Waals surface area (Å²) in [6, 6.07) is 0. The van der Waals surface area contributed by atoms with E-state index >= 15 is 0 Å². The Morgan fingerprint density at radius 1 is 1.31 bits per heavy atom. The number of hydrogen-bond donors (Lipinski definition) is 1. The maximum atomic E-state index is 10.5. The molecule has 0 aromatic heterocycles. The van der Waals surface area contributed by atoms with E-state index in [-0.39, 0.29) is 0 Å². The lowest BCUT2D eigenvalue weighted by Gasteiger charge is -2.27. The van der Waals surface area contributed by atoms with Crippen molar-refractivity contribution in [3.05, 3.63) is 0 Å². The van der Waals surface area contributed by atoms with Gasteiger partial charge in [0.05, 0.1) is 11.7 Å². The third-order valence-corrected chi connectivity index (χ3v) is 4.10. The van der Waals surface area contributed by atoms with Gasteiger partial charge in [0, 0.05) is 13.2 Å². The SMILES string of the molecule is CN1CCCC(O)(CCC2CCCO2)CC1. The molecule has 0 spiro atoms. The molecule has 1 N–H and O–H groups in total. The maximum absolute atomic E-state index is 10.5. The molecule has 3 heteroatoms. The molecule has 2 unspecified atom stereocenters. The van der Waals surface area contributed by atoms with Gasteiger partial charge in [0.25, 0.3) is 0 Å². The van der Waals surface area contributed by atoms with Crippen LogP contribution in [0.25, 0.3) is 0 Å². The van der Waals surface area contributed by atoms with Crippen LogP contribution in [0.5, 0.6) is 0 Å². The Morgan fingerprint density at radius 3 is 2.94 bits per heavy atom. The first-order valence-corrected chi connectivity index (χ1v) is 6.70. The van der Waals surface area contributed by atoms with Gasteiger partial charge >= 0.3 is 0 Å². The summed E-state index contributed by atoms with van der Waals surface area (Å²) in [5.74, 6) is 0. The Kier molecular flexibility index (Phi) is 4.22. The molecular formula is C13H25NO2. The lowest BCUT2D eigenvalue weighted by Crippen LogP contribution is -2.31. The zero-order valence-corrected chi connectivity index (χ0v) is 10.5.